The normalized spacial score (nSPS) is 15.0. The summed E-state index contributed by atoms with van der Waals surface area (Å²) in [6.07, 6.45) is 0. The Balaban J connectivity index is 2.86. The first-order valence-corrected chi connectivity index (χ1v) is 5.24. The van der Waals surface area contributed by atoms with Gasteiger partial charge in [0.1, 0.15) is 11.6 Å². The molecule has 1 aromatic rings. The fourth-order valence-corrected chi connectivity index (χ4v) is 1.64. The van der Waals surface area contributed by atoms with Gasteiger partial charge in [0.15, 0.2) is 0 Å². The van der Waals surface area contributed by atoms with Crippen LogP contribution in [0.3, 0.4) is 0 Å². The summed E-state index contributed by atoms with van der Waals surface area (Å²) in [6, 6.07) is 3.93. The number of benzene rings is 1. The molecule has 0 bridgehead atoms. The van der Waals surface area contributed by atoms with E-state index in [4.69, 9.17) is 0 Å². The van der Waals surface area contributed by atoms with Gasteiger partial charge in [0, 0.05) is 12.1 Å². The summed E-state index contributed by atoms with van der Waals surface area (Å²) < 4.78 is 26.1. The predicted octanol–water partition coefficient (Wildman–Crippen LogP) is 3.07. The molecule has 0 aliphatic carbocycles. The Morgan fingerprint density at radius 2 is 1.93 bits per heavy atom. The van der Waals surface area contributed by atoms with E-state index in [0.29, 0.717) is 5.56 Å². The quantitative estimate of drug-likeness (QED) is 0.810. The van der Waals surface area contributed by atoms with Crippen molar-refractivity contribution >= 4 is 0 Å². The Kier molecular flexibility index (Phi) is 4.21. The van der Waals surface area contributed by atoms with E-state index >= 15 is 0 Å². The van der Waals surface area contributed by atoms with Crippen molar-refractivity contribution in [1.29, 1.82) is 0 Å². The van der Waals surface area contributed by atoms with Crippen LogP contribution in [0.2, 0.25) is 0 Å². The van der Waals surface area contributed by atoms with Gasteiger partial charge in [0.25, 0.3) is 0 Å². The minimum Gasteiger partial charge on any atom is -0.314 e. The highest BCUT2D eigenvalue weighted by Crippen LogP contribution is 2.22. The van der Waals surface area contributed by atoms with Crippen LogP contribution in [0.5, 0.6) is 0 Å². The third-order valence-electron chi connectivity index (χ3n) is 2.73. The van der Waals surface area contributed by atoms with Crippen LogP contribution < -0.4 is 5.32 Å². The zero-order valence-electron chi connectivity index (χ0n) is 9.35. The van der Waals surface area contributed by atoms with Crippen molar-refractivity contribution in [3.05, 3.63) is 35.4 Å². The third kappa shape index (κ3) is 2.99. The Morgan fingerprint density at radius 3 is 2.47 bits per heavy atom. The zero-order chi connectivity index (χ0) is 11.4. The molecule has 0 amide bonds. The van der Waals surface area contributed by atoms with Crippen LogP contribution in [0, 0.1) is 11.6 Å². The molecule has 0 aliphatic rings. The number of hydrogen-bond acceptors (Lipinski definition) is 1. The number of nitrogens with one attached hydrogen (secondary N) is 1. The highest BCUT2D eigenvalue weighted by molar-refractivity contribution is 5.23. The number of halogens is 2. The second-order valence-electron chi connectivity index (χ2n) is 3.80. The van der Waals surface area contributed by atoms with E-state index in [9.17, 15) is 8.78 Å². The molecular weight excluding hydrogens is 196 g/mol. The first-order chi connectivity index (χ1) is 7.06. The molecular formula is C12H17F2N. The van der Waals surface area contributed by atoms with Gasteiger partial charge in [-0.25, -0.2) is 8.78 Å². The van der Waals surface area contributed by atoms with Gasteiger partial charge in [-0.2, -0.15) is 0 Å². The second-order valence-corrected chi connectivity index (χ2v) is 3.80. The maximum Gasteiger partial charge on any atom is 0.129 e. The molecule has 0 heterocycles. The molecule has 1 rings (SSSR count). The van der Waals surface area contributed by atoms with E-state index in [1.165, 1.54) is 12.1 Å². The summed E-state index contributed by atoms with van der Waals surface area (Å²) in [4.78, 5) is 0. The van der Waals surface area contributed by atoms with Crippen molar-refractivity contribution in [1.82, 2.24) is 5.32 Å². The van der Waals surface area contributed by atoms with Gasteiger partial charge < -0.3 is 5.32 Å². The Hall–Kier alpha value is -0.960. The molecule has 0 fully saturated rings. The molecule has 1 N–H and O–H groups in total. The van der Waals surface area contributed by atoms with Crippen LogP contribution in [-0.4, -0.2) is 12.6 Å². The maximum absolute atomic E-state index is 13.4. The largest absolute Gasteiger partial charge is 0.314 e. The van der Waals surface area contributed by atoms with E-state index in [0.717, 1.165) is 12.6 Å². The van der Waals surface area contributed by atoms with Crippen LogP contribution in [0.15, 0.2) is 18.2 Å². The Labute approximate surface area is 89.5 Å². The van der Waals surface area contributed by atoms with Gasteiger partial charge in [0.2, 0.25) is 0 Å². The second kappa shape index (κ2) is 5.21. The van der Waals surface area contributed by atoms with Crippen molar-refractivity contribution in [2.24, 2.45) is 0 Å². The molecule has 1 aromatic carbocycles. The molecule has 2 atom stereocenters. The minimum absolute atomic E-state index is 0.0329. The SMILES string of the molecule is CCNC(C)C(C)c1ccc(F)cc1F. The average Bonchev–Trinajstić information content (AvgIpc) is 2.17. The molecule has 0 spiro atoms. The first-order valence-electron chi connectivity index (χ1n) is 5.24. The van der Waals surface area contributed by atoms with Crippen LogP contribution in [0.4, 0.5) is 8.78 Å². The summed E-state index contributed by atoms with van der Waals surface area (Å²) in [7, 11) is 0. The molecule has 2 unspecified atom stereocenters. The third-order valence-corrected chi connectivity index (χ3v) is 2.73. The summed E-state index contributed by atoms with van der Waals surface area (Å²) in [6.45, 7) is 6.78. The maximum atomic E-state index is 13.4. The van der Waals surface area contributed by atoms with Crippen LogP contribution in [0.25, 0.3) is 0 Å². The summed E-state index contributed by atoms with van der Waals surface area (Å²) in [5.41, 5.74) is 0.560. The van der Waals surface area contributed by atoms with Crippen LogP contribution in [-0.2, 0) is 0 Å². The predicted molar refractivity (Wildman–Crippen MR) is 57.9 cm³/mol. The fourth-order valence-electron chi connectivity index (χ4n) is 1.64. The lowest BCUT2D eigenvalue weighted by Crippen LogP contribution is -2.31. The van der Waals surface area contributed by atoms with Crippen LogP contribution in [0.1, 0.15) is 32.3 Å². The Bertz CT molecular complexity index is 325. The zero-order valence-corrected chi connectivity index (χ0v) is 9.35. The molecule has 0 saturated carbocycles. The summed E-state index contributed by atoms with van der Waals surface area (Å²) >= 11 is 0. The highest BCUT2D eigenvalue weighted by Gasteiger charge is 2.17. The highest BCUT2D eigenvalue weighted by atomic mass is 19.1. The van der Waals surface area contributed by atoms with Gasteiger partial charge in [-0.3, -0.25) is 0 Å². The molecule has 84 valence electrons. The van der Waals surface area contributed by atoms with Crippen molar-refractivity contribution < 1.29 is 8.78 Å². The van der Waals surface area contributed by atoms with Gasteiger partial charge >= 0.3 is 0 Å². The van der Waals surface area contributed by atoms with Gasteiger partial charge in [-0.15, -0.1) is 0 Å². The topological polar surface area (TPSA) is 12.0 Å². The van der Waals surface area contributed by atoms with Crippen molar-refractivity contribution in [3.63, 3.8) is 0 Å². The lowest BCUT2D eigenvalue weighted by molar-refractivity contribution is 0.472. The lowest BCUT2D eigenvalue weighted by Gasteiger charge is -2.21. The van der Waals surface area contributed by atoms with E-state index in [-0.39, 0.29) is 12.0 Å². The molecule has 1 nitrogen and oxygen atoms in total. The van der Waals surface area contributed by atoms with Gasteiger partial charge in [-0.1, -0.05) is 19.9 Å². The number of hydrogen-bond donors (Lipinski definition) is 1. The monoisotopic (exact) mass is 213 g/mol. The van der Waals surface area contributed by atoms with Gasteiger partial charge in [0.05, 0.1) is 0 Å². The van der Waals surface area contributed by atoms with Gasteiger partial charge in [-0.05, 0) is 31.0 Å². The molecule has 3 heteroatoms. The average molecular weight is 213 g/mol. The molecule has 15 heavy (non-hydrogen) atoms. The first kappa shape index (κ1) is 12.1. The fraction of sp³-hybridized carbons (Fsp3) is 0.500. The summed E-state index contributed by atoms with van der Waals surface area (Å²) in [5.74, 6) is -0.961. The lowest BCUT2D eigenvalue weighted by atomic mass is 9.94. The van der Waals surface area contributed by atoms with Crippen molar-refractivity contribution in [2.45, 2.75) is 32.7 Å². The number of likely N-dealkylation sites (N-methyl/N-ethyl adjacent to an activating group) is 1. The molecule has 0 aromatic heterocycles. The minimum atomic E-state index is -0.528. The van der Waals surface area contributed by atoms with E-state index in [1.807, 2.05) is 20.8 Å². The van der Waals surface area contributed by atoms with E-state index in [2.05, 4.69) is 5.32 Å². The number of rotatable bonds is 4. The van der Waals surface area contributed by atoms with Crippen molar-refractivity contribution in [3.8, 4) is 0 Å². The van der Waals surface area contributed by atoms with E-state index < -0.39 is 11.6 Å². The van der Waals surface area contributed by atoms with Crippen molar-refractivity contribution in [2.75, 3.05) is 6.54 Å². The van der Waals surface area contributed by atoms with E-state index in [1.54, 1.807) is 0 Å². The Morgan fingerprint density at radius 1 is 1.27 bits per heavy atom. The van der Waals surface area contributed by atoms with Crippen LogP contribution >= 0.6 is 0 Å². The standard InChI is InChI=1S/C12H17F2N/c1-4-15-9(3)8(2)11-6-5-10(13)7-12(11)14/h5-9,15H,4H2,1-3H3. The molecule has 0 saturated heterocycles. The molecule has 0 radical (unpaired) electrons. The summed E-state index contributed by atoms with van der Waals surface area (Å²) in [5, 5.41) is 3.23. The smallest absolute Gasteiger partial charge is 0.129 e. The molecule has 0 aliphatic heterocycles.